The zero-order chi connectivity index (χ0) is 16.3. The fourth-order valence-corrected chi connectivity index (χ4v) is 4.63. The summed E-state index contributed by atoms with van der Waals surface area (Å²) in [4.78, 5) is 19.3. The number of carbonyl (C=O) groups is 1. The average molecular weight is 333 g/mol. The maximum absolute atomic E-state index is 11.9. The molecule has 0 saturated carbocycles. The second-order valence-electron chi connectivity index (χ2n) is 5.86. The number of nitrogens with one attached hydrogen (secondary N) is 2. The smallest absolute Gasteiger partial charge is 0.220 e. The largest absolute Gasteiger partial charge is 0.349 e. The molecule has 1 saturated heterocycles. The fraction of sp³-hybridized carbons (Fsp3) is 0.375. The van der Waals surface area contributed by atoms with E-state index in [2.05, 4.69) is 15.3 Å². The van der Waals surface area contributed by atoms with Crippen LogP contribution in [0.5, 0.6) is 0 Å². The molecule has 1 amide bonds. The molecule has 2 N–H and O–H groups in total. The lowest BCUT2D eigenvalue weighted by Crippen LogP contribution is -2.26. The number of amides is 1. The van der Waals surface area contributed by atoms with Crippen molar-refractivity contribution >= 4 is 15.7 Å². The minimum absolute atomic E-state index is 0.0588. The van der Waals surface area contributed by atoms with Crippen molar-refractivity contribution in [2.24, 2.45) is 5.92 Å². The van der Waals surface area contributed by atoms with Gasteiger partial charge in [0.05, 0.1) is 29.9 Å². The lowest BCUT2D eigenvalue weighted by Gasteiger charge is -2.07. The van der Waals surface area contributed by atoms with Crippen molar-refractivity contribution in [3.8, 4) is 11.3 Å². The van der Waals surface area contributed by atoms with Crippen molar-refractivity contribution in [3.05, 3.63) is 42.4 Å². The van der Waals surface area contributed by atoms with Gasteiger partial charge in [-0.15, -0.1) is 0 Å². The molecule has 1 aromatic heterocycles. The Hall–Kier alpha value is -2.15. The molecule has 3 rings (SSSR count). The van der Waals surface area contributed by atoms with E-state index in [0.29, 0.717) is 18.8 Å². The molecule has 2 aromatic rings. The number of hydrogen-bond donors (Lipinski definition) is 2. The minimum atomic E-state index is -2.93. The molecule has 0 spiro atoms. The van der Waals surface area contributed by atoms with Gasteiger partial charge in [-0.1, -0.05) is 30.3 Å². The second-order valence-corrected chi connectivity index (χ2v) is 8.09. The first kappa shape index (κ1) is 15.7. The fourth-order valence-electron chi connectivity index (χ4n) is 2.77. The van der Waals surface area contributed by atoms with Crippen molar-refractivity contribution in [3.63, 3.8) is 0 Å². The summed E-state index contributed by atoms with van der Waals surface area (Å²) in [6, 6.07) is 9.82. The first-order valence-electron chi connectivity index (χ1n) is 7.58. The number of aromatic amines is 1. The summed E-state index contributed by atoms with van der Waals surface area (Å²) in [6.45, 7) is 0.311. The summed E-state index contributed by atoms with van der Waals surface area (Å²) >= 11 is 0. The van der Waals surface area contributed by atoms with Crippen molar-refractivity contribution in [2.75, 3.05) is 11.5 Å². The van der Waals surface area contributed by atoms with E-state index in [9.17, 15) is 13.2 Å². The number of H-pyrrole nitrogens is 1. The van der Waals surface area contributed by atoms with Gasteiger partial charge in [0, 0.05) is 6.42 Å². The van der Waals surface area contributed by atoms with Gasteiger partial charge in [0.15, 0.2) is 9.84 Å². The third-order valence-electron chi connectivity index (χ3n) is 3.97. The molecule has 122 valence electrons. The lowest BCUT2D eigenvalue weighted by atomic mass is 10.1. The first-order valence-corrected chi connectivity index (χ1v) is 9.40. The zero-order valence-corrected chi connectivity index (χ0v) is 13.5. The van der Waals surface area contributed by atoms with Crippen molar-refractivity contribution < 1.29 is 13.2 Å². The second kappa shape index (κ2) is 6.54. The SMILES string of the molecule is O=C(CC1CCS(=O)(=O)C1)NCc1ncc(-c2ccccc2)[nH]1. The number of rotatable bonds is 5. The Morgan fingerprint density at radius 3 is 2.78 bits per heavy atom. The number of imidazole rings is 1. The highest BCUT2D eigenvalue weighted by Gasteiger charge is 2.29. The van der Waals surface area contributed by atoms with Gasteiger partial charge in [-0.2, -0.15) is 0 Å². The van der Waals surface area contributed by atoms with Gasteiger partial charge in [-0.3, -0.25) is 4.79 Å². The van der Waals surface area contributed by atoms with Crippen LogP contribution in [0.3, 0.4) is 0 Å². The summed E-state index contributed by atoms with van der Waals surface area (Å²) in [5.41, 5.74) is 1.94. The molecule has 7 heteroatoms. The highest BCUT2D eigenvalue weighted by Crippen LogP contribution is 2.21. The molecular formula is C16H19N3O3S. The van der Waals surface area contributed by atoms with Crippen molar-refractivity contribution in [1.82, 2.24) is 15.3 Å². The molecule has 1 aliphatic rings. The number of hydrogen-bond acceptors (Lipinski definition) is 4. The van der Waals surface area contributed by atoms with E-state index in [0.717, 1.165) is 11.3 Å². The molecule has 0 bridgehead atoms. The minimum Gasteiger partial charge on any atom is -0.349 e. The quantitative estimate of drug-likeness (QED) is 0.868. The Kier molecular flexibility index (Phi) is 4.47. The van der Waals surface area contributed by atoms with Crippen molar-refractivity contribution in [1.29, 1.82) is 0 Å². The maximum atomic E-state index is 11.9. The molecule has 1 unspecified atom stereocenters. The molecule has 1 atom stereocenters. The van der Waals surface area contributed by atoms with E-state index < -0.39 is 9.84 Å². The summed E-state index contributed by atoms with van der Waals surface area (Å²) in [5.74, 6) is 0.806. The number of aromatic nitrogens is 2. The van der Waals surface area contributed by atoms with Crippen LogP contribution in [-0.4, -0.2) is 35.8 Å². The van der Waals surface area contributed by atoms with Gasteiger partial charge in [0.1, 0.15) is 5.82 Å². The Morgan fingerprint density at radius 2 is 2.09 bits per heavy atom. The van der Waals surface area contributed by atoms with E-state index >= 15 is 0 Å². The maximum Gasteiger partial charge on any atom is 0.220 e. The number of nitrogens with zero attached hydrogens (tertiary/aromatic N) is 1. The van der Waals surface area contributed by atoms with Crippen LogP contribution in [0, 0.1) is 5.92 Å². The molecule has 0 radical (unpaired) electrons. The molecule has 0 aliphatic carbocycles. The number of carbonyl (C=O) groups excluding carboxylic acids is 1. The molecule has 23 heavy (non-hydrogen) atoms. The van der Waals surface area contributed by atoms with Crippen LogP contribution in [0.15, 0.2) is 36.5 Å². The monoisotopic (exact) mass is 333 g/mol. The van der Waals surface area contributed by atoms with Crippen molar-refractivity contribution in [2.45, 2.75) is 19.4 Å². The van der Waals surface area contributed by atoms with Crippen LogP contribution in [0.25, 0.3) is 11.3 Å². The number of sulfone groups is 1. The summed E-state index contributed by atoms with van der Waals surface area (Å²) in [5, 5.41) is 2.79. The van der Waals surface area contributed by atoms with E-state index in [-0.39, 0.29) is 29.8 Å². The van der Waals surface area contributed by atoms with E-state index in [1.807, 2.05) is 30.3 Å². The van der Waals surface area contributed by atoms with Crippen LogP contribution >= 0.6 is 0 Å². The third kappa shape index (κ3) is 4.19. The van der Waals surface area contributed by atoms with Crippen LogP contribution in [0.1, 0.15) is 18.7 Å². The molecule has 1 aromatic carbocycles. The standard InChI is InChI=1S/C16H19N3O3S/c20-16(8-12-6-7-23(21,22)11-12)18-10-15-17-9-14(19-15)13-4-2-1-3-5-13/h1-5,9,12H,6-8,10-11H2,(H,17,19)(H,18,20). The average Bonchev–Trinajstić information content (AvgIpc) is 3.13. The summed E-state index contributed by atoms with van der Waals surface area (Å²) < 4.78 is 22.8. The third-order valence-corrected chi connectivity index (χ3v) is 5.80. The Labute approximate surface area is 135 Å². The van der Waals surface area contributed by atoms with E-state index in [4.69, 9.17) is 0 Å². The van der Waals surface area contributed by atoms with Gasteiger partial charge in [-0.05, 0) is 17.9 Å². The predicted molar refractivity (Wildman–Crippen MR) is 87.2 cm³/mol. The van der Waals surface area contributed by atoms with E-state index in [1.54, 1.807) is 6.20 Å². The Balaban J connectivity index is 1.51. The zero-order valence-electron chi connectivity index (χ0n) is 12.7. The van der Waals surface area contributed by atoms with Crippen LogP contribution in [0.2, 0.25) is 0 Å². The molecule has 1 fully saturated rings. The molecule has 2 heterocycles. The lowest BCUT2D eigenvalue weighted by molar-refractivity contribution is -0.122. The Morgan fingerprint density at radius 1 is 1.30 bits per heavy atom. The summed E-state index contributed by atoms with van der Waals surface area (Å²) in [7, 11) is -2.93. The van der Waals surface area contributed by atoms with E-state index in [1.165, 1.54) is 0 Å². The van der Waals surface area contributed by atoms with Gasteiger partial charge in [0.25, 0.3) is 0 Å². The molecular weight excluding hydrogens is 314 g/mol. The highest BCUT2D eigenvalue weighted by molar-refractivity contribution is 7.91. The van der Waals surface area contributed by atoms with Crippen LogP contribution in [0.4, 0.5) is 0 Å². The molecule has 6 nitrogen and oxygen atoms in total. The van der Waals surface area contributed by atoms with Gasteiger partial charge in [-0.25, -0.2) is 13.4 Å². The van der Waals surface area contributed by atoms with Crippen LogP contribution in [-0.2, 0) is 21.2 Å². The number of benzene rings is 1. The van der Waals surface area contributed by atoms with Gasteiger partial charge < -0.3 is 10.3 Å². The molecule has 1 aliphatic heterocycles. The van der Waals surface area contributed by atoms with Gasteiger partial charge >= 0.3 is 0 Å². The first-order chi connectivity index (χ1) is 11.0. The van der Waals surface area contributed by atoms with Gasteiger partial charge in [0.2, 0.25) is 5.91 Å². The predicted octanol–water partition coefficient (Wildman–Crippen LogP) is 1.52. The topological polar surface area (TPSA) is 91.9 Å². The Bertz CT molecular complexity index is 784. The van der Waals surface area contributed by atoms with Crippen LogP contribution < -0.4 is 5.32 Å². The highest BCUT2D eigenvalue weighted by atomic mass is 32.2. The summed E-state index contributed by atoms with van der Waals surface area (Å²) in [6.07, 6.45) is 2.57. The normalized spacial score (nSPS) is 19.6.